The molecule has 1 unspecified atom stereocenters. The lowest BCUT2D eigenvalue weighted by Crippen LogP contribution is -2.52. The molecule has 0 spiro atoms. The van der Waals surface area contributed by atoms with Crippen LogP contribution < -0.4 is 16.0 Å². The first-order valence-corrected chi connectivity index (χ1v) is 10.3. The Kier molecular flexibility index (Phi) is 5.67. The number of amides is 6. The predicted octanol–water partition coefficient (Wildman–Crippen LogP) is 2.37. The standard InChI is InChI=1S/C22H19ClN4O5/c1-11-8-14(4-5-16(11)23)24-22(32)26-19(29)12-2-3-13-10-27(21(31)15(13)9-12)17-6-7-18(28)25-20(17)30/h2-5,8-9,17H,6-7,10H2,1H3,(H,25,28,30)(H2,24,26,29,32). The van der Waals surface area contributed by atoms with Crippen molar-refractivity contribution in [3.63, 3.8) is 0 Å². The van der Waals surface area contributed by atoms with Gasteiger partial charge in [-0.3, -0.25) is 29.8 Å². The maximum atomic E-state index is 12.9. The van der Waals surface area contributed by atoms with E-state index in [1.54, 1.807) is 31.2 Å². The third-order valence-corrected chi connectivity index (χ3v) is 5.86. The van der Waals surface area contributed by atoms with Crippen LogP contribution in [0.25, 0.3) is 0 Å². The summed E-state index contributed by atoms with van der Waals surface area (Å²) >= 11 is 5.96. The maximum absolute atomic E-state index is 12.9. The normalized spacial score (nSPS) is 17.6. The molecule has 0 radical (unpaired) electrons. The second kappa shape index (κ2) is 8.43. The van der Waals surface area contributed by atoms with Crippen molar-refractivity contribution in [2.45, 2.75) is 32.4 Å². The zero-order valence-corrected chi connectivity index (χ0v) is 17.8. The summed E-state index contributed by atoms with van der Waals surface area (Å²) in [4.78, 5) is 62.5. The Labute approximate surface area is 188 Å². The summed E-state index contributed by atoms with van der Waals surface area (Å²) in [6, 6.07) is 7.98. The van der Waals surface area contributed by atoms with Crippen LogP contribution in [0.15, 0.2) is 36.4 Å². The van der Waals surface area contributed by atoms with Gasteiger partial charge in [0, 0.05) is 34.8 Å². The molecule has 0 bridgehead atoms. The van der Waals surface area contributed by atoms with Gasteiger partial charge in [0.15, 0.2) is 0 Å². The van der Waals surface area contributed by atoms with Crippen molar-refractivity contribution in [1.82, 2.24) is 15.5 Å². The average molecular weight is 455 g/mol. The molecule has 32 heavy (non-hydrogen) atoms. The van der Waals surface area contributed by atoms with Crippen LogP contribution >= 0.6 is 11.6 Å². The van der Waals surface area contributed by atoms with E-state index in [1.165, 1.54) is 17.0 Å². The second-order valence-corrected chi connectivity index (χ2v) is 8.05. The lowest BCUT2D eigenvalue weighted by Gasteiger charge is -2.29. The van der Waals surface area contributed by atoms with Crippen LogP contribution in [-0.4, -0.2) is 40.6 Å². The van der Waals surface area contributed by atoms with Crippen LogP contribution in [0.1, 0.15) is 44.7 Å². The Balaban J connectivity index is 1.44. The highest BCUT2D eigenvalue weighted by Gasteiger charge is 2.39. The number of nitrogens with zero attached hydrogens (tertiary/aromatic N) is 1. The van der Waals surface area contributed by atoms with Gasteiger partial charge in [-0.2, -0.15) is 0 Å². The molecule has 4 rings (SSSR count). The summed E-state index contributed by atoms with van der Waals surface area (Å²) in [6.07, 6.45) is 0.411. The molecular formula is C22H19ClN4O5. The van der Waals surface area contributed by atoms with Crippen molar-refractivity contribution in [3.05, 3.63) is 63.7 Å². The summed E-state index contributed by atoms with van der Waals surface area (Å²) in [5.41, 5.74) is 2.33. The van der Waals surface area contributed by atoms with Gasteiger partial charge in [-0.15, -0.1) is 0 Å². The molecule has 2 aliphatic rings. The van der Waals surface area contributed by atoms with Crippen LogP contribution in [0.5, 0.6) is 0 Å². The number of hydrogen-bond donors (Lipinski definition) is 3. The third-order valence-electron chi connectivity index (χ3n) is 5.43. The smallest absolute Gasteiger partial charge is 0.322 e. The van der Waals surface area contributed by atoms with Gasteiger partial charge in [0.25, 0.3) is 11.8 Å². The predicted molar refractivity (Wildman–Crippen MR) is 115 cm³/mol. The molecule has 9 nitrogen and oxygen atoms in total. The number of urea groups is 1. The molecule has 3 N–H and O–H groups in total. The largest absolute Gasteiger partial charge is 0.326 e. The molecule has 1 saturated heterocycles. The second-order valence-electron chi connectivity index (χ2n) is 7.64. The summed E-state index contributed by atoms with van der Waals surface area (Å²) < 4.78 is 0. The topological polar surface area (TPSA) is 125 Å². The van der Waals surface area contributed by atoms with Crippen LogP contribution in [0.4, 0.5) is 10.5 Å². The number of halogens is 1. The van der Waals surface area contributed by atoms with Crippen LogP contribution in [0.3, 0.4) is 0 Å². The minimum atomic E-state index is -0.738. The van der Waals surface area contributed by atoms with E-state index < -0.39 is 29.8 Å². The van der Waals surface area contributed by atoms with Gasteiger partial charge in [0.1, 0.15) is 6.04 Å². The molecule has 0 saturated carbocycles. The molecule has 2 aliphatic heterocycles. The van der Waals surface area contributed by atoms with Gasteiger partial charge in [0.05, 0.1) is 0 Å². The van der Waals surface area contributed by atoms with E-state index in [-0.39, 0.29) is 36.4 Å². The summed E-state index contributed by atoms with van der Waals surface area (Å²) in [5, 5.41) is 7.58. The van der Waals surface area contributed by atoms with Crippen molar-refractivity contribution in [2.75, 3.05) is 5.32 Å². The van der Waals surface area contributed by atoms with E-state index in [0.717, 1.165) is 5.56 Å². The maximum Gasteiger partial charge on any atom is 0.326 e. The molecular weight excluding hydrogens is 436 g/mol. The summed E-state index contributed by atoms with van der Waals surface area (Å²) in [7, 11) is 0. The van der Waals surface area contributed by atoms with Gasteiger partial charge < -0.3 is 10.2 Å². The first-order valence-electron chi connectivity index (χ1n) is 9.89. The monoisotopic (exact) mass is 454 g/mol. The number of benzene rings is 2. The number of carbonyl (C=O) groups excluding carboxylic acids is 5. The quantitative estimate of drug-likeness (QED) is 0.614. The molecule has 1 atom stereocenters. The summed E-state index contributed by atoms with van der Waals surface area (Å²) in [5.74, 6) is -1.94. The van der Waals surface area contributed by atoms with E-state index >= 15 is 0 Å². The van der Waals surface area contributed by atoms with Crippen LogP contribution in [0, 0.1) is 6.92 Å². The van der Waals surface area contributed by atoms with E-state index in [2.05, 4.69) is 16.0 Å². The Morgan fingerprint density at radius 2 is 1.91 bits per heavy atom. The fraction of sp³-hybridized carbons (Fsp3) is 0.227. The van der Waals surface area contributed by atoms with Crippen LogP contribution in [0.2, 0.25) is 5.02 Å². The Morgan fingerprint density at radius 3 is 2.62 bits per heavy atom. The van der Waals surface area contributed by atoms with Gasteiger partial charge >= 0.3 is 6.03 Å². The number of nitrogens with one attached hydrogen (secondary N) is 3. The molecule has 10 heteroatoms. The Hall–Kier alpha value is -3.72. The zero-order valence-electron chi connectivity index (χ0n) is 17.0. The summed E-state index contributed by atoms with van der Waals surface area (Å²) in [6.45, 7) is 2.00. The zero-order chi connectivity index (χ0) is 23.0. The Morgan fingerprint density at radius 1 is 1.12 bits per heavy atom. The number of piperidine rings is 1. The number of hydrogen-bond acceptors (Lipinski definition) is 5. The van der Waals surface area contributed by atoms with Gasteiger partial charge in [-0.1, -0.05) is 17.7 Å². The number of carbonyl (C=O) groups is 5. The molecule has 6 amide bonds. The highest BCUT2D eigenvalue weighted by atomic mass is 35.5. The minimum absolute atomic E-state index is 0.129. The van der Waals surface area contributed by atoms with Crippen molar-refractivity contribution < 1.29 is 24.0 Å². The Bertz CT molecular complexity index is 1180. The molecule has 0 aliphatic carbocycles. The number of anilines is 1. The molecule has 2 aromatic rings. The van der Waals surface area contributed by atoms with Crippen molar-refractivity contribution in [1.29, 1.82) is 0 Å². The first-order chi connectivity index (χ1) is 15.2. The number of fused-ring (bicyclic) bond motifs is 1. The minimum Gasteiger partial charge on any atom is -0.322 e. The fourth-order valence-corrected chi connectivity index (χ4v) is 3.87. The first kappa shape index (κ1) is 21.5. The number of rotatable bonds is 3. The number of imide groups is 2. The van der Waals surface area contributed by atoms with Gasteiger partial charge in [0.2, 0.25) is 11.8 Å². The third kappa shape index (κ3) is 4.19. The van der Waals surface area contributed by atoms with E-state index in [1.807, 2.05) is 0 Å². The van der Waals surface area contributed by atoms with E-state index in [9.17, 15) is 24.0 Å². The van der Waals surface area contributed by atoms with Crippen molar-refractivity contribution in [2.24, 2.45) is 0 Å². The van der Waals surface area contributed by atoms with E-state index in [4.69, 9.17) is 11.6 Å². The fourth-order valence-electron chi connectivity index (χ4n) is 3.76. The van der Waals surface area contributed by atoms with Crippen molar-refractivity contribution >= 4 is 46.9 Å². The van der Waals surface area contributed by atoms with Crippen molar-refractivity contribution in [3.8, 4) is 0 Å². The van der Waals surface area contributed by atoms with Crippen LogP contribution in [-0.2, 0) is 16.1 Å². The molecule has 164 valence electrons. The average Bonchev–Trinajstić information content (AvgIpc) is 3.06. The molecule has 2 heterocycles. The molecule has 2 aromatic carbocycles. The highest BCUT2D eigenvalue weighted by molar-refractivity contribution is 6.31. The molecule has 1 fully saturated rings. The van der Waals surface area contributed by atoms with Gasteiger partial charge in [-0.05, 0) is 54.8 Å². The lowest BCUT2D eigenvalue weighted by atomic mass is 10.0. The van der Waals surface area contributed by atoms with E-state index in [0.29, 0.717) is 16.3 Å². The van der Waals surface area contributed by atoms with Gasteiger partial charge in [-0.25, -0.2) is 4.79 Å². The SMILES string of the molecule is Cc1cc(NC(=O)NC(=O)c2ccc3c(c2)C(=O)N(C2CCC(=O)NC2=O)C3)ccc1Cl. The lowest BCUT2D eigenvalue weighted by molar-refractivity contribution is -0.136. The number of aryl methyl sites for hydroxylation is 1. The highest BCUT2D eigenvalue weighted by Crippen LogP contribution is 2.28. The molecule has 0 aromatic heterocycles.